The summed E-state index contributed by atoms with van der Waals surface area (Å²) in [7, 11) is 0. The average molecular weight is 640 g/mol. The number of fused-ring (bicyclic) bond motifs is 2. The van der Waals surface area contributed by atoms with Gasteiger partial charge in [0.15, 0.2) is 5.82 Å². The van der Waals surface area contributed by atoms with Crippen molar-refractivity contribution in [3.8, 4) is 56.2 Å². The molecule has 6 aromatic carbocycles. The molecule has 2 heterocycles. The molecular formula is C47H33N3. The van der Waals surface area contributed by atoms with E-state index in [1.165, 1.54) is 38.4 Å². The van der Waals surface area contributed by atoms with Crippen LogP contribution in [-0.4, -0.2) is 15.0 Å². The fourth-order valence-corrected chi connectivity index (χ4v) is 6.91. The number of allylic oxidation sites excluding steroid dienone is 4. The van der Waals surface area contributed by atoms with E-state index in [1.807, 2.05) is 12.4 Å². The number of rotatable bonds is 6. The van der Waals surface area contributed by atoms with E-state index in [1.54, 1.807) is 0 Å². The lowest BCUT2D eigenvalue weighted by atomic mass is 9.97. The van der Waals surface area contributed by atoms with Crippen molar-refractivity contribution >= 4 is 27.1 Å². The number of hydrogen-bond donors (Lipinski definition) is 0. The maximum atomic E-state index is 5.17. The highest BCUT2D eigenvalue weighted by molar-refractivity contribution is 5.96. The predicted molar refractivity (Wildman–Crippen MR) is 208 cm³/mol. The van der Waals surface area contributed by atoms with Crippen molar-refractivity contribution in [3.63, 3.8) is 0 Å². The Kier molecular flexibility index (Phi) is 7.64. The first-order chi connectivity index (χ1) is 24.7. The van der Waals surface area contributed by atoms with Gasteiger partial charge in [-0.2, -0.15) is 0 Å². The lowest BCUT2D eigenvalue weighted by Crippen LogP contribution is -1.97. The molecule has 0 saturated heterocycles. The van der Waals surface area contributed by atoms with E-state index >= 15 is 0 Å². The molecule has 1 aliphatic carbocycles. The Morgan fingerprint density at radius 1 is 0.420 bits per heavy atom. The SMILES string of the molecule is C1=CC(c2cccc(-c3nc(-c4ccc(-c5ccc6ccccc6c5)cc4)cc(-c4ccc(-c5cncc6ccccc56)cc4)n3)c2)=CCC1. The molecular weight excluding hydrogens is 607 g/mol. The van der Waals surface area contributed by atoms with E-state index in [4.69, 9.17) is 9.97 Å². The molecule has 8 aromatic rings. The quantitative estimate of drug-likeness (QED) is 0.182. The van der Waals surface area contributed by atoms with Gasteiger partial charge in [0.1, 0.15) is 0 Å². The summed E-state index contributed by atoms with van der Waals surface area (Å²) in [5.74, 6) is 0.709. The molecule has 50 heavy (non-hydrogen) atoms. The van der Waals surface area contributed by atoms with Crippen LogP contribution in [0.15, 0.2) is 176 Å². The van der Waals surface area contributed by atoms with Crippen LogP contribution in [0.3, 0.4) is 0 Å². The maximum absolute atomic E-state index is 5.17. The Bertz CT molecular complexity index is 2570. The van der Waals surface area contributed by atoms with Gasteiger partial charge in [-0.05, 0) is 75.0 Å². The molecule has 9 rings (SSSR count). The molecule has 1 aliphatic rings. The second-order valence-corrected chi connectivity index (χ2v) is 12.8. The first-order valence-corrected chi connectivity index (χ1v) is 17.1. The van der Waals surface area contributed by atoms with E-state index in [-0.39, 0.29) is 0 Å². The summed E-state index contributed by atoms with van der Waals surface area (Å²) in [4.78, 5) is 14.9. The molecule has 236 valence electrons. The van der Waals surface area contributed by atoms with Crippen molar-refractivity contribution in [1.82, 2.24) is 15.0 Å². The molecule has 0 unspecified atom stereocenters. The van der Waals surface area contributed by atoms with Crippen molar-refractivity contribution in [2.24, 2.45) is 0 Å². The summed E-state index contributed by atoms with van der Waals surface area (Å²) in [5, 5.41) is 4.81. The molecule has 3 nitrogen and oxygen atoms in total. The van der Waals surface area contributed by atoms with Gasteiger partial charge in [-0.15, -0.1) is 0 Å². The van der Waals surface area contributed by atoms with Crippen LogP contribution in [0.2, 0.25) is 0 Å². The van der Waals surface area contributed by atoms with E-state index in [9.17, 15) is 0 Å². The molecule has 0 atom stereocenters. The van der Waals surface area contributed by atoms with Gasteiger partial charge in [0.2, 0.25) is 0 Å². The summed E-state index contributed by atoms with van der Waals surface area (Å²) in [6.07, 6.45) is 12.8. The van der Waals surface area contributed by atoms with Gasteiger partial charge in [-0.1, -0.05) is 146 Å². The van der Waals surface area contributed by atoms with Crippen LogP contribution in [0.1, 0.15) is 18.4 Å². The largest absolute Gasteiger partial charge is 0.263 e. The molecule has 0 aliphatic heterocycles. The molecule has 0 bridgehead atoms. The summed E-state index contributed by atoms with van der Waals surface area (Å²) in [6, 6.07) is 51.6. The van der Waals surface area contributed by atoms with E-state index in [0.29, 0.717) is 5.82 Å². The topological polar surface area (TPSA) is 38.7 Å². The molecule has 0 fully saturated rings. The van der Waals surface area contributed by atoms with Gasteiger partial charge < -0.3 is 0 Å². The van der Waals surface area contributed by atoms with Gasteiger partial charge in [0, 0.05) is 40.0 Å². The maximum Gasteiger partial charge on any atom is 0.160 e. The van der Waals surface area contributed by atoms with Crippen LogP contribution in [0.5, 0.6) is 0 Å². The van der Waals surface area contributed by atoms with Crippen LogP contribution in [0.4, 0.5) is 0 Å². The fourth-order valence-electron chi connectivity index (χ4n) is 6.91. The minimum Gasteiger partial charge on any atom is -0.263 e. The number of nitrogens with zero attached hydrogens (tertiary/aromatic N) is 3. The Labute approximate surface area is 292 Å². The summed E-state index contributed by atoms with van der Waals surface area (Å²) >= 11 is 0. The van der Waals surface area contributed by atoms with Gasteiger partial charge in [-0.25, -0.2) is 9.97 Å². The van der Waals surface area contributed by atoms with Crippen molar-refractivity contribution in [3.05, 3.63) is 182 Å². The summed E-state index contributed by atoms with van der Waals surface area (Å²) in [5.41, 5.74) is 11.9. The van der Waals surface area contributed by atoms with Gasteiger partial charge in [0.05, 0.1) is 11.4 Å². The number of benzene rings is 6. The van der Waals surface area contributed by atoms with Gasteiger partial charge >= 0.3 is 0 Å². The molecule has 0 N–H and O–H groups in total. The van der Waals surface area contributed by atoms with Crippen LogP contribution < -0.4 is 0 Å². The molecule has 0 radical (unpaired) electrons. The zero-order valence-electron chi connectivity index (χ0n) is 27.5. The first-order valence-electron chi connectivity index (χ1n) is 17.1. The van der Waals surface area contributed by atoms with Crippen molar-refractivity contribution in [1.29, 1.82) is 0 Å². The Balaban J connectivity index is 1.12. The number of hydrogen-bond acceptors (Lipinski definition) is 3. The molecule has 0 amide bonds. The highest BCUT2D eigenvalue weighted by atomic mass is 14.9. The summed E-state index contributed by atoms with van der Waals surface area (Å²) < 4.78 is 0. The van der Waals surface area contributed by atoms with Crippen molar-refractivity contribution in [2.75, 3.05) is 0 Å². The number of aromatic nitrogens is 3. The van der Waals surface area contributed by atoms with Gasteiger partial charge in [0.25, 0.3) is 0 Å². The van der Waals surface area contributed by atoms with Crippen LogP contribution in [0.25, 0.3) is 83.3 Å². The van der Waals surface area contributed by atoms with Crippen molar-refractivity contribution < 1.29 is 0 Å². The smallest absolute Gasteiger partial charge is 0.160 e. The zero-order chi connectivity index (χ0) is 33.3. The lowest BCUT2D eigenvalue weighted by Gasteiger charge is -2.12. The first kappa shape index (κ1) is 29.7. The van der Waals surface area contributed by atoms with Crippen LogP contribution >= 0.6 is 0 Å². The van der Waals surface area contributed by atoms with Crippen molar-refractivity contribution in [2.45, 2.75) is 12.8 Å². The van der Waals surface area contributed by atoms with Gasteiger partial charge in [-0.3, -0.25) is 4.98 Å². The monoisotopic (exact) mass is 639 g/mol. The second kappa shape index (κ2) is 12.9. The normalized spacial score (nSPS) is 12.7. The third-order valence-corrected chi connectivity index (χ3v) is 9.60. The highest BCUT2D eigenvalue weighted by Gasteiger charge is 2.14. The predicted octanol–water partition coefficient (Wildman–Crippen LogP) is 12.2. The zero-order valence-corrected chi connectivity index (χ0v) is 27.5. The Hall–Kier alpha value is -6.45. The minimum atomic E-state index is 0.709. The number of pyridine rings is 1. The third-order valence-electron chi connectivity index (χ3n) is 9.60. The Morgan fingerprint density at radius 3 is 1.84 bits per heavy atom. The van der Waals surface area contributed by atoms with E-state index < -0.39 is 0 Å². The summed E-state index contributed by atoms with van der Waals surface area (Å²) in [6.45, 7) is 0. The van der Waals surface area contributed by atoms with Crippen LogP contribution in [0, 0.1) is 0 Å². The molecule has 0 spiro atoms. The minimum absolute atomic E-state index is 0.709. The lowest BCUT2D eigenvalue weighted by molar-refractivity contribution is 1.04. The van der Waals surface area contributed by atoms with E-state index in [2.05, 4.69) is 169 Å². The average Bonchev–Trinajstić information content (AvgIpc) is 3.21. The third kappa shape index (κ3) is 5.80. The molecule has 3 heteroatoms. The standard InChI is InChI=1S/C47H33N3/c1-2-9-32(10-3-1)39-14-8-15-41(28-39)47-49-45(36-22-17-34(18-23-36)40-26-19-33-11-4-5-12-38(33)27-40)29-46(50-47)37-24-20-35(21-25-37)44-31-48-30-42-13-6-7-16-43(42)44/h2,4-31H,1,3H2. The molecule has 0 saturated carbocycles. The molecule has 2 aromatic heterocycles. The Morgan fingerprint density at radius 2 is 1.08 bits per heavy atom. The van der Waals surface area contributed by atoms with E-state index in [0.717, 1.165) is 57.4 Å². The second-order valence-electron chi connectivity index (χ2n) is 12.8. The van der Waals surface area contributed by atoms with Crippen LogP contribution in [-0.2, 0) is 0 Å². The highest BCUT2D eigenvalue weighted by Crippen LogP contribution is 2.34. The fraction of sp³-hybridized carbons (Fsp3) is 0.0426.